The van der Waals surface area contributed by atoms with Crippen molar-refractivity contribution in [3.8, 4) is 0 Å². The van der Waals surface area contributed by atoms with Crippen molar-refractivity contribution in [1.29, 1.82) is 0 Å². The first-order valence-electron chi connectivity index (χ1n) is 6.91. The number of hydrogen-bond acceptors (Lipinski definition) is 4. The Hall–Kier alpha value is -1.98. The molecule has 2 rings (SSSR count). The van der Waals surface area contributed by atoms with Crippen LogP contribution in [-0.4, -0.2) is 9.85 Å². The maximum Gasteiger partial charge on any atom is 0.283 e. The molecule has 1 aromatic carbocycles. The van der Waals surface area contributed by atoms with Gasteiger partial charge in [0.1, 0.15) is 5.56 Å². The molecule has 0 amide bonds. The highest BCUT2D eigenvalue weighted by atomic mass is 16.6. The molecule has 0 unspecified atom stereocenters. The molecular formula is C15H20N2O4. The summed E-state index contributed by atoms with van der Waals surface area (Å²) in [6.45, 7) is 11.4. The van der Waals surface area contributed by atoms with Crippen molar-refractivity contribution in [3.05, 3.63) is 43.0 Å². The van der Waals surface area contributed by atoms with Crippen LogP contribution >= 0.6 is 0 Å². The quantitative estimate of drug-likeness (QED) is 0.608. The molecule has 0 N–H and O–H groups in total. The summed E-state index contributed by atoms with van der Waals surface area (Å²) in [6.07, 6.45) is 0. The van der Waals surface area contributed by atoms with Gasteiger partial charge in [-0.1, -0.05) is 34.6 Å². The van der Waals surface area contributed by atoms with Gasteiger partial charge in [-0.2, -0.15) is 0 Å². The van der Waals surface area contributed by atoms with E-state index in [1.165, 1.54) is 13.0 Å². The maximum atomic E-state index is 11.5. The van der Waals surface area contributed by atoms with Gasteiger partial charge in [0.2, 0.25) is 0 Å². The minimum Gasteiger partial charge on any atom is -0.258 e. The smallest absolute Gasteiger partial charge is 0.258 e. The predicted molar refractivity (Wildman–Crippen MR) is 79.7 cm³/mol. The Balaban J connectivity index is 2.99. The molecule has 1 aliphatic rings. The molecule has 0 saturated carbocycles. The lowest BCUT2D eigenvalue weighted by molar-refractivity contribution is -0.395. The van der Waals surface area contributed by atoms with Gasteiger partial charge in [-0.05, 0) is 23.8 Å². The highest BCUT2D eigenvalue weighted by Crippen LogP contribution is 2.58. The number of nitro benzene ring substituents is 2. The fourth-order valence-electron chi connectivity index (χ4n) is 3.68. The number of rotatable bonds is 2. The van der Waals surface area contributed by atoms with E-state index in [1.807, 2.05) is 34.6 Å². The molecule has 21 heavy (non-hydrogen) atoms. The Kier molecular flexibility index (Phi) is 3.12. The zero-order chi connectivity index (χ0) is 16.3. The van der Waals surface area contributed by atoms with Gasteiger partial charge in [-0.25, -0.2) is 0 Å². The van der Waals surface area contributed by atoms with Crippen LogP contribution in [0.4, 0.5) is 11.4 Å². The van der Waals surface area contributed by atoms with Crippen LogP contribution in [0.3, 0.4) is 0 Å². The fourth-order valence-corrected chi connectivity index (χ4v) is 3.68. The summed E-state index contributed by atoms with van der Waals surface area (Å²) in [4.78, 5) is 21.8. The minimum atomic E-state index is -0.533. The first-order chi connectivity index (χ1) is 9.44. The minimum absolute atomic E-state index is 0.0957. The summed E-state index contributed by atoms with van der Waals surface area (Å²) >= 11 is 0. The van der Waals surface area contributed by atoms with E-state index < -0.39 is 15.3 Å². The number of nitrogens with zero attached hydrogens (tertiary/aromatic N) is 2. The van der Waals surface area contributed by atoms with Gasteiger partial charge in [-0.15, -0.1) is 0 Å². The second-order valence-electron chi connectivity index (χ2n) is 6.97. The summed E-state index contributed by atoms with van der Waals surface area (Å²) in [6, 6.07) is 1.53. The lowest BCUT2D eigenvalue weighted by Gasteiger charge is -2.32. The van der Waals surface area contributed by atoms with Crippen LogP contribution in [0.1, 0.15) is 51.3 Å². The van der Waals surface area contributed by atoms with Crippen molar-refractivity contribution in [2.45, 2.75) is 52.4 Å². The Labute approximate surface area is 123 Å². The molecule has 0 aliphatic heterocycles. The Bertz CT molecular complexity index is 662. The number of benzene rings is 1. The van der Waals surface area contributed by atoms with Crippen molar-refractivity contribution in [1.82, 2.24) is 0 Å². The van der Waals surface area contributed by atoms with E-state index in [9.17, 15) is 20.2 Å². The van der Waals surface area contributed by atoms with Crippen molar-refractivity contribution < 1.29 is 9.85 Å². The van der Waals surface area contributed by atoms with E-state index in [-0.39, 0.29) is 28.3 Å². The molecule has 0 aromatic heterocycles. The van der Waals surface area contributed by atoms with Gasteiger partial charge < -0.3 is 0 Å². The van der Waals surface area contributed by atoms with Gasteiger partial charge in [0.25, 0.3) is 11.4 Å². The van der Waals surface area contributed by atoms with E-state index in [4.69, 9.17) is 0 Å². The second kappa shape index (κ2) is 4.26. The maximum absolute atomic E-state index is 11.5. The lowest BCUT2D eigenvalue weighted by Crippen LogP contribution is -2.31. The fraction of sp³-hybridized carbons (Fsp3) is 0.600. The molecular weight excluding hydrogens is 272 g/mol. The third-order valence-electron chi connectivity index (χ3n) is 5.41. The van der Waals surface area contributed by atoms with Crippen LogP contribution in [0.15, 0.2) is 6.07 Å². The van der Waals surface area contributed by atoms with Gasteiger partial charge in [-0.3, -0.25) is 20.2 Å². The van der Waals surface area contributed by atoms with Crippen LogP contribution in [0.25, 0.3) is 0 Å². The molecule has 0 bridgehead atoms. The van der Waals surface area contributed by atoms with Crippen LogP contribution in [0.2, 0.25) is 0 Å². The van der Waals surface area contributed by atoms with E-state index in [0.717, 1.165) is 5.56 Å². The SMILES string of the molecule is Cc1c([N+](=O)[O-])cc2c(c1[N+](=O)[O-])C(C)(C)[C@H](C)C2(C)C. The lowest BCUT2D eigenvalue weighted by atomic mass is 9.71. The van der Waals surface area contributed by atoms with Gasteiger partial charge in [0, 0.05) is 17.0 Å². The highest BCUT2D eigenvalue weighted by molar-refractivity contribution is 5.67. The Morgan fingerprint density at radius 3 is 2.00 bits per heavy atom. The molecule has 1 aromatic rings. The standard InChI is InChI=1S/C15H20N2O4/c1-8-11(16(18)19)7-10-12(13(8)17(20)21)15(5,6)9(2)14(10,3)4/h7,9H,1-6H3/t9-/m1/s1. The zero-order valence-corrected chi connectivity index (χ0v) is 13.2. The molecule has 114 valence electrons. The molecule has 6 heteroatoms. The van der Waals surface area contributed by atoms with Crippen LogP contribution in [0, 0.1) is 33.1 Å². The zero-order valence-electron chi connectivity index (χ0n) is 13.2. The topological polar surface area (TPSA) is 86.3 Å². The number of fused-ring (bicyclic) bond motifs is 1. The van der Waals surface area contributed by atoms with Crippen LogP contribution < -0.4 is 0 Å². The molecule has 1 atom stereocenters. The van der Waals surface area contributed by atoms with Gasteiger partial charge >= 0.3 is 0 Å². The largest absolute Gasteiger partial charge is 0.283 e. The van der Waals surface area contributed by atoms with Crippen molar-refractivity contribution in [2.75, 3.05) is 0 Å². The molecule has 0 heterocycles. The van der Waals surface area contributed by atoms with Gasteiger partial charge in [0.05, 0.1) is 9.85 Å². The van der Waals surface area contributed by atoms with Crippen molar-refractivity contribution >= 4 is 11.4 Å². The first kappa shape index (κ1) is 15.4. The van der Waals surface area contributed by atoms with Crippen molar-refractivity contribution in [2.24, 2.45) is 5.92 Å². The molecule has 0 fully saturated rings. The molecule has 0 saturated heterocycles. The van der Waals surface area contributed by atoms with Crippen LogP contribution in [-0.2, 0) is 10.8 Å². The summed E-state index contributed by atoms with van der Waals surface area (Å²) in [5, 5.41) is 22.8. The summed E-state index contributed by atoms with van der Waals surface area (Å²) < 4.78 is 0. The second-order valence-corrected chi connectivity index (χ2v) is 6.97. The van der Waals surface area contributed by atoms with E-state index in [1.54, 1.807) is 0 Å². The summed E-state index contributed by atoms with van der Waals surface area (Å²) in [7, 11) is 0. The summed E-state index contributed by atoms with van der Waals surface area (Å²) in [5.41, 5.74) is 0.502. The predicted octanol–water partition coefficient (Wildman–Crippen LogP) is 4.02. The van der Waals surface area contributed by atoms with E-state index in [0.29, 0.717) is 5.56 Å². The normalized spacial score (nSPS) is 21.9. The average Bonchev–Trinajstić information content (AvgIpc) is 2.47. The monoisotopic (exact) mass is 292 g/mol. The number of hydrogen-bond donors (Lipinski definition) is 0. The third-order valence-corrected chi connectivity index (χ3v) is 5.41. The Morgan fingerprint density at radius 1 is 1.05 bits per heavy atom. The Morgan fingerprint density at radius 2 is 1.57 bits per heavy atom. The number of nitro groups is 2. The van der Waals surface area contributed by atoms with E-state index >= 15 is 0 Å². The van der Waals surface area contributed by atoms with Crippen LogP contribution in [0.5, 0.6) is 0 Å². The third kappa shape index (κ3) is 1.85. The van der Waals surface area contributed by atoms with Gasteiger partial charge in [0.15, 0.2) is 0 Å². The first-order valence-corrected chi connectivity index (χ1v) is 6.91. The van der Waals surface area contributed by atoms with E-state index in [2.05, 4.69) is 0 Å². The molecule has 1 aliphatic carbocycles. The van der Waals surface area contributed by atoms with Crippen molar-refractivity contribution in [3.63, 3.8) is 0 Å². The molecule has 0 radical (unpaired) electrons. The molecule has 6 nitrogen and oxygen atoms in total. The highest BCUT2D eigenvalue weighted by Gasteiger charge is 2.53. The summed E-state index contributed by atoms with van der Waals surface area (Å²) in [5.74, 6) is 0.139. The molecule has 0 spiro atoms. The average molecular weight is 292 g/mol.